The van der Waals surface area contributed by atoms with E-state index in [1.807, 2.05) is 19.9 Å². The topological polar surface area (TPSA) is 58.5 Å². The van der Waals surface area contributed by atoms with E-state index in [2.05, 4.69) is 45.7 Å². The molecule has 0 amide bonds. The molecular formula is C18H27IN4OS. The van der Waals surface area contributed by atoms with Crippen molar-refractivity contribution in [2.24, 2.45) is 4.99 Å². The van der Waals surface area contributed by atoms with Gasteiger partial charge in [0.2, 0.25) is 0 Å². The van der Waals surface area contributed by atoms with E-state index in [0.717, 1.165) is 29.8 Å². The van der Waals surface area contributed by atoms with Crippen molar-refractivity contribution in [3.63, 3.8) is 0 Å². The monoisotopic (exact) mass is 474 g/mol. The summed E-state index contributed by atoms with van der Waals surface area (Å²) in [5.41, 5.74) is 3.43. The highest BCUT2D eigenvalue weighted by molar-refractivity contribution is 14.0. The molecule has 138 valence electrons. The van der Waals surface area contributed by atoms with Gasteiger partial charge in [-0.25, -0.2) is 9.98 Å². The van der Waals surface area contributed by atoms with Crippen molar-refractivity contribution in [1.82, 2.24) is 15.6 Å². The van der Waals surface area contributed by atoms with E-state index in [1.54, 1.807) is 18.4 Å². The Balaban J connectivity index is 0.00000312. The van der Waals surface area contributed by atoms with Crippen LogP contribution in [-0.2, 0) is 24.4 Å². The maximum absolute atomic E-state index is 5.18. The van der Waals surface area contributed by atoms with Gasteiger partial charge in [-0.15, -0.1) is 35.3 Å². The Morgan fingerprint density at radius 3 is 2.64 bits per heavy atom. The molecule has 1 heterocycles. The molecule has 2 N–H and O–H groups in total. The maximum Gasteiger partial charge on any atom is 0.191 e. The van der Waals surface area contributed by atoms with E-state index in [-0.39, 0.29) is 24.0 Å². The normalized spacial score (nSPS) is 11.1. The van der Waals surface area contributed by atoms with Crippen molar-refractivity contribution in [3.05, 3.63) is 51.0 Å². The number of nitrogens with zero attached hydrogens (tertiary/aromatic N) is 2. The van der Waals surface area contributed by atoms with E-state index in [1.165, 1.54) is 16.0 Å². The quantitative estimate of drug-likeness (QED) is 0.365. The fourth-order valence-corrected chi connectivity index (χ4v) is 3.27. The van der Waals surface area contributed by atoms with Gasteiger partial charge in [-0.3, -0.25) is 0 Å². The summed E-state index contributed by atoms with van der Waals surface area (Å²) in [5.74, 6) is 0.820. The first-order valence-corrected chi connectivity index (χ1v) is 8.95. The minimum absolute atomic E-state index is 0. The number of rotatable bonds is 7. The van der Waals surface area contributed by atoms with Gasteiger partial charge < -0.3 is 15.4 Å². The lowest BCUT2D eigenvalue weighted by Crippen LogP contribution is -2.36. The minimum Gasteiger partial charge on any atom is -0.380 e. The van der Waals surface area contributed by atoms with Crippen molar-refractivity contribution >= 4 is 41.3 Å². The summed E-state index contributed by atoms with van der Waals surface area (Å²) in [6.07, 6.45) is 0. The molecule has 2 rings (SSSR count). The lowest BCUT2D eigenvalue weighted by molar-refractivity contribution is 0.185. The van der Waals surface area contributed by atoms with Gasteiger partial charge in [0, 0.05) is 18.5 Å². The molecule has 0 aliphatic carbocycles. The van der Waals surface area contributed by atoms with Gasteiger partial charge in [0.1, 0.15) is 0 Å². The van der Waals surface area contributed by atoms with Gasteiger partial charge in [-0.2, -0.15) is 0 Å². The largest absolute Gasteiger partial charge is 0.380 e. The summed E-state index contributed by atoms with van der Waals surface area (Å²) in [7, 11) is 1.71. The van der Waals surface area contributed by atoms with Crippen LogP contribution in [0.2, 0.25) is 0 Å². The molecule has 5 nitrogen and oxygen atoms in total. The highest BCUT2D eigenvalue weighted by Crippen LogP contribution is 2.16. The van der Waals surface area contributed by atoms with Crippen molar-refractivity contribution < 1.29 is 4.74 Å². The second-order valence-electron chi connectivity index (χ2n) is 5.54. The second-order valence-corrected chi connectivity index (χ2v) is 6.83. The standard InChI is InChI=1S/C18H26N4OS.HI/c1-5-19-18(21-11-17-13(2)22-14(3)24-17)20-10-15-7-6-8-16(9-15)12-23-4;/h6-9H,5,10-12H2,1-4H3,(H2,19,20,21);1H. The molecular weight excluding hydrogens is 447 g/mol. The lowest BCUT2D eigenvalue weighted by Gasteiger charge is -2.11. The van der Waals surface area contributed by atoms with Gasteiger partial charge >= 0.3 is 0 Å². The number of nitrogens with one attached hydrogen (secondary N) is 2. The SMILES string of the molecule is CCNC(=NCc1cccc(COC)c1)NCc1sc(C)nc1C.I. The van der Waals surface area contributed by atoms with E-state index in [0.29, 0.717) is 13.2 Å². The van der Waals surface area contributed by atoms with Crippen molar-refractivity contribution in [2.75, 3.05) is 13.7 Å². The number of halogens is 1. The van der Waals surface area contributed by atoms with Crippen LogP contribution < -0.4 is 10.6 Å². The minimum atomic E-state index is 0. The van der Waals surface area contributed by atoms with E-state index < -0.39 is 0 Å². The Kier molecular flexibility index (Phi) is 9.99. The molecule has 25 heavy (non-hydrogen) atoms. The van der Waals surface area contributed by atoms with Crippen LogP contribution in [0.25, 0.3) is 0 Å². The number of aliphatic imine (C=N–C) groups is 1. The third kappa shape index (κ3) is 7.29. The maximum atomic E-state index is 5.18. The zero-order valence-electron chi connectivity index (χ0n) is 15.3. The number of ether oxygens (including phenoxy) is 1. The average Bonchev–Trinajstić information content (AvgIpc) is 2.88. The Hall–Kier alpha value is -1.19. The number of thiazole rings is 1. The molecule has 0 spiro atoms. The van der Waals surface area contributed by atoms with Crippen molar-refractivity contribution in [1.29, 1.82) is 0 Å². The van der Waals surface area contributed by atoms with Crippen LogP contribution in [0.1, 0.15) is 33.6 Å². The number of aryl methyl sites for hydroxylation is 2. The fraction of sp³-hybridized carbons (Fsp3) is 0.444. The Morgan fingerprint density at radius 2 is 2.00 bits per heavy atom. The summed E-state index contributed by atoms with van der Waals surface area (Å²) in [6, 6.07) is 8.33. The molecule has 0 aliphatic rings. The molecule has 0 saturated carbocycles. The average molecular weight is 474 g/mol. The number of aromatic nitrogens is 1. The first kappa shape index (κ1) is 21.9. The van der Waals surface area contributed by atoms with Crippen LogP contribution in [0.3, 0.4) is 0 Å². The number of benzene rings is 1. The molecule has 0 bridgehead atoms. The molecule has 0 saturated heterocycles. The summed E-state index contributed by atoms with van der Waals surface area (Å²) < 4.78 is 5.18. The van der Waals surface area contributed by atoms with E-state index in [9.17, 15) is 0 Å². The fourth-order valence-electron chi connectivity index (χ4n) is 2.40. The smallest absolute Gasteiger partial charge is 0.191 e. The molecule has 0 aliphatic heterocycles. The van der Waals surface area contributed by atoms with Crippen LogP contribution in [0, 0.1) is 13.8 Å². The summed E-state index contributed by atoms with van der Waals surface area (Å²) in [4.78, 5) is 10.4. The molecule has 0 radical (unpaired) electrons. The first-order chi connectivity index (χ1) is 11.6. The molecule has 1 aromatic carbocycles. The number of guanidine groups is 1. The predicted octanol–water partition coefficient (Wildman–Crippen LogP) is 3.78. The number of hydrogen-bond acceptors (Lipinski definition) is 4. The third-order valence-corrected chi connectivity index (χ3v) is 4.56. The zero-order valence-corrected chi connectivity index (χ0v) is 18.4. The molecule has 0 unspecified atom stereocenters. The van der Waals surface area contributed by atoms with Gasteiger partial charge in [-0.1, -0.05) is 24.3 Å². The summed E-state index contributed by atoms with van der Waals surface area (Å²) in [5, 5.41) is 7.77. The van der Waals surface area contributed by atoms with Crippen LogP contribution in [0.4, 0.5) is 0 Å². The highest BCUT2D eigenvalue weighted by Gasteiger charge is 2.06. The van der Waals surface area contributed by atoms with Gasteiger partial charge in [0.15, 0.2) is 5.96 Å². The predicted molar refractivity (Wildman–Crippen MR) is 116 cm³/mol. The molecule has 0 fully saturated rings. The van der Waals surface area contributed by atoms with Gasteiger partial charge in [-0.05, 0) is 31.9 Å². The molecule has 0 atom stereocenters. The van der Waals surface area contributed by atoms with Gasteiger partial charge in [0.05, 0.1) is 30.4 Å². The molecule has 1 aromatic heterocycles. The molecule has 2 aromatic rings. The summed E-state index contributed by atoms with van der Waals surface area (Å²) in [6.45, 7) is 8.98. The summed E-state index contributed by atoms with van der Waals surface area (Å²) >= 11 is 1.73. The Morgan fingerprint density at radius 1 is 1.24 bits per heavy atom. The van der Waals surface area contributed by atoms with Crippen LogP contribution in [0.5, 0.6) is 0 Å². The number of methoxy groups -OCH3 is 1. The third-order valence-electron chi connectivity index (χ3n) is 3.48. The zero-order chi connectivity index (χ0) is 17.4. The lowest BCUT2D eigenvalue weighted by atomic mass is 10.1. The van der Waals surface area contributed by atoms with Crippen molar-refractivity contribution in [3.8, 4) is 0 Å². The first-order valence-electron chi connectivity index (χ1n) is 8.14. The van der Waals surface area contributed by atoms with Crippen molar-refractivity contribution in [2.45, 2.75) is 40.5 Å². The van der Waals surface area contributed by atoms with E-state index >= 15 is 0 Å². The Bertz CT molecular complexity index is 687. The number of hydrogen-bond donors (Lipinski definition) is 2. The molecule has 7 heteroatoms. The second kappa shape index (κ2) is 11.4. The van der Waals surface area contributed by atoms with Crippen LogP contribution in [0.15, 0.2) is 29.3 Å². The van der Waals surface area contributed by atoms with Gasteiger partial charge in [0.25, 0.3) is 0 Å². The van der Waals surface area contributed by atoms with E-state index in [4.69, 9.17) is 4.74 Å². The highest BCUT2D eigenvalue weighted by atomic mass is 127. The Labute approximate surface area is 171 Å². The van der Waals surface area contributed by atoms with Crippen LogP contribution in [-0.4, -0.2) is 24.6 Å². The van der Waals surface area contributed by atoms with Crippen LogP contribution >= 0.6 is 35.3 Å².